The van der Waals surface area contributed by atoms with Crippen molar-refractivity contribution in [3.05, 3.63) is 29.8 Å². The van der Waals surface area contributed by atoms with Crippen LogP contribution in [0.25, 0.3) is 0 Å². The molecule has 0 aliphatic carbocycles. The Morgan fingerprint density at radius 2 is 2.21 bits per heavy atom. The van der Waals surface area contributed by atoms with Gasteiger partial charge in [-0.1, -0.05) is 30.4 Å². The van der Waals surface area contributed by atoms with Crippen LogP contribution in [-0.4, -0.2) is 47.4 Å². The molecule has 0 fully saturated rings. The third kappa shape index (κ3) is 2.60. The molecule has 0 saturated carbocycles. The first-order chi connectivity index (χ1) is 9.06. The van der Waals surface area contributed by atoms with Gasteiger partial charge in [-0.15, -0.1) is 0 Å². The fourth-order valence-corrected chi connectivity index (χ4v) is 2.45. The van der Waals surface area contributed by atoms with Crippen molar-refractivity contribution in [3.8, 4) is 0 Å². The Kier molecular flexibility index (Phi) is 4.14. The number of carbonyl (C=O) groups is 1. The van der Waals surface area contributed by atoms with Gasteiger partial charge in [0.2, 0.25) is 5.91 Å². The number of aliphatic hydroxyl groups excluding tert-OH is 2. The molecule has 2 unspecified atom stereocenters. The number of likely N-dealkylation sites (N-methyl/N-ethyl adjacent to an activating group) is 1. The predicted octanol–water partition coefficient (Wildman–Crippen LogP) is 0.0168. The average Bonchev–Trinajstić information content (AvgIpc) is 2.68. The highest BCUT2D eigenvalue weighted by Gasteiger charge is 2.36. The molecule has 1 amide bonds. The van der Waals surface area contributed by atoms with Crippen LogP contribution in [0.2, 0.25) is 0 Å². The maximum Gasteiger partial charge on any atom is 0.234 e. The Bertz CT molecular complexity index is 506. The number of hydrogen-bond donors (Lipinski definition) is 3. The van der Waals surface area contributed by atoms with E-state index in [1.807, 2.05) is 36.2 Å². The Hall–Kier alpha value is -1.50. The van der Waals surface area contributed by atoms with Crippen LogP contribution >= 0.6 is 12.2 Å². The summed E-state index contributed by atoms with van der Waals surface area (Å²) in [5.41, 5.74) is 1.79. The second-order valence-corrected chi connectivity index (χ2v) is 4.89. The lowest BCUT2D eigenvalue weighted by Gasteiger charge is -2.15. The van der Waals surface area contributed by atoms with Crippen molar-refractivity contribution in [1.82, 2.24) is 5.32 Å². The molecule has 1 aliphatic heterocycles. The molecule has 1 aromatic rings. The van der Waals surface area contributed by atoms with Crippen LogP contribution < -0.4 is 10.2 Å². The maximum atomic E-state index is 12.2. The first-order valence-electron chi connectivity index (χ1n) is 5.99. The number of aliphatic hydroxyl groups is 2. The third-order valence-electron chi connectivity index (χ3n) is 3.17. The number of fused-ring (bicyclic) bond motifs is 1. The van der Waals surface area contributed by atoms with Crippen molar-refractivity contribution in [3.63, 3.8) is 0 Å². The Morgan fingerprint density at radius 1 is 1.53 bits per heavy atom. The monoisotopic (exact) mass is 280 g/mol. The van der Waals surface area contributed by atoms with E-state index in [2.05, 4.69) is 5.32 Å². The molecule has 1 heterocycles. The van der Waals surface area contributed by atoms with Gasteiger partial charge in [0.1, 0.15) is 5.92 Å². The van der Waals surface area contributed by atoms with Crippen LogP contribution in [0.1, 0.15) is 11.5 Å². The molecule has 19 heavy (non-hydrogen) atoms. The minimum atomic E-state index is -0.952. The van der Waals surface area contributed by atoms with Crippen molar-refractivity contribution >= 4 is 28.8 Å². The third-order valence-corrected chi connectivity index (χ3v) is 3.68. The molecule has 1 aromatic carbocycles. The highest BCUT2D eigenvalue weighted by atomic mass is 32.1. The Balaban J connectivity index is 2.16. The van der Waals surface area contributed by atoms with E-state index in [1.165, 1.54) is 0 Å². The largest absolute Gasteiger partial charge is 0.394 e. The van der Waals surface area contributed by atoms with Gasteiger partial charge in [0, 0.05) is 19.3 Å². The van der Waals surface area contributed by atoms with E-state index >= 15 is 0 Å². The maximum absolute atomic E-state index is 12.2. The van der Waals surface area contributed by atoms with Crippen molar-refractivity contribution in [2.24, 2.45) is 0 Å². The summed E-state index contributed by atoms with van der Waals surface area (Å²) in [6.07, 6.45) is -0.952. The van der Waals surface area contributed by atoms with Crippen molar-refractivity contribution in [2.75, 3.05) is 25.1 Å². The zero-order chi connectivity index (χ0) is 14.0. The van der Waals surface area contributed by atoms with E-state index in [9.17, 15) is 9.90 Å². The first kappa shape index (κ1) is 13.9. The highest BCUT2D eigenvalue weighted by Crippen LogP contribution is 2.36. The molecule has 0 bridgehead atoms. The number of rotatable bonds is 4. The molecule has 102 valence electrons. The molecule has 2 rings (SSSR count). The van der Waals surface area contributed by atoms with E-state index in [4.69, 9.17) is 17.3 Å². The molecular formula is C13H16N2O3S. The number of para-hydroxylation sites is 1. The second-order valence-electron chi connectivity index (χ2n) is 4.47. The van der Waals surface area contributed by atoms with Gasteiger partial charge in [-0.2, -0.15) is 0 Å². The standard InChI is InChI=1S/C13H16N2O3S/c1-15-10-5-3-2-4-9(10)11(13(15)19)12(18)14-6-8(17)7-16/h2-5,8,11,16-17H,6-7H2,1H3,(H,14,18). The zero-order valence-corrected chi connectivity index (χ0v) is 11.4. The molecule has 5 nitrogen and oxygen atoms in total. The first-order valence-corrected chi connectivity index (χ1v) is 6.40. The summed E-state index contributed by atoms with van der Waals surface area (Å²) < 4.78 is 0. The summed E-state index contributed by atoms with van der Waals surface area (Å²) in [5, 5.41) is 20.6. The normalized spacial score (nSPS) is 19.2. The van der Waals surface area contributed by atoms with E-state index in [-0.39, 0.29) is 19.1 Å². The van der Waals surface area contributed by atoms with Gasteiger partial charge < -0.3 is 20.4 Å². The van der Waals surface area contributed by atoms with Gasteiger partial charge in [-0.25, -0.2) is 0 Å². The predicted molar refractivity (Wildman–Crippen MR) is 76.3 cm³/mol. The SMILES string of the molecule is CN1C(=S)C(C(=O)NCC(O)CO)c2ccccc21. The van der Waals surface area contributed by atoms with Crippen molar-refractivity contribution in [2.45, 2.75) is 12.0 Å². The van der Waals surface area contributed by atoms with Crippen LogP contribution in [0.4, 0.5) is 5.69 Å². The number of benzene rings is 1. The lowest BCUT2D eigenvalue weighted by molar-refractivity contribution is -0.121. The van der Waals surface area contributed by atoms with Gasteiger partial charge in [0.25, 0.3) is 0 Å². The number of carbonyl (C=O) groups excluding carboxylic acids is 1. The van der Waals surface area contributed by atoms with E-state index in [1.54, 1.807) is 0 Å². The van der Waals surface area contributed by atoms with Crippen LogP contribution in [0, 0.1) is 0 Å². The van der Waals surface area contributed by atoms with E-state index in [0.717, 1.165) is 11.3 Å². The van der Waals surface area contributed by atoms with Gasteiger partial charge in [-0.05, 0) is 11.6 Å². The average molecular weight is 280 g/mol. The van der Waals surface area contributed by atoms with Crippen molar-refractivity contribution in [1.29, 1.82) is 0 Å². The van der Waals surface area contributed by atoms with Crippen molar-refractivity contribution < 1.29 is 15.0 Å². The quantitative estimate of drug-likeness (QED) is 0.678. The summed E-state index contributed by atoms with van der Waals surface area (Å²) in [6, 6.07) is 7.55. The number of nitrogens with one attached hydrogen (secondary N) is 1. The fraction of sp³-hybridized carbons (Fsp3) is 0.385. The Labute approximate surface area is 116 Å². The molecule has 0 saturated heterocycles. The highest BCUT2D eigenvalue weighted by molar-refractivity contribution is 7.80. The summed E-state index contributed by atoms with van der Waals surface area (Å²) in [4.78, 5) is 14.5. The van der Waals surface area contributed by atoms with Crippen LogP contribution in [0.5, 0.6) is 0 Å². The molecule has 0 spiro atoms. The molecule has 1 aliphatic rings. The minimum absolute atomic E-state index is 0.0142. The summed E-state index contributed by atoms with van der Waals surface area (Å²) >= 11 is 5.31. The molecule has 3 N–H and O–H groups in total. The number of anilines is 1. The van der Waals surface area contributed by atoms with E-state index in [0.29, 0.717) is 4.99 Å². The van der Waals surface area contributed by atoms with E-state index < -0.39 is 12.0 Å². The lowest BCUT2D eigenvalue weighted by atomic mass is 10.0. The van der Waals surface area contributed by atoms with Gasteiger partial charge >= 0.3 is 0 Å². The Morgan fingerprint density at radius 3 is 2.89 bits per heavy atom. The topological polar surface area (TPSA) is 72.8 Å². The van der Waals surface area contributed by atoms with Crippen LogP contribution in [-0.2, 0) is 4.79 Å². The van der Waals surface area contributed by atoms with Crippen LogP contribution in [0.3, 0.4) is 0 Å². The summed E-state index contributed by atoms with van der Waals surface area (Å²) in [6.45, 7) is -0.369. The number of thiocarbonyl (C=S) groups is 1. The molecule has 2 atom stereocenters. The molecule has 0 aromatic heterocycles. The smallest absolute Gasteiger partial charge is 0.234 e. The second kappa shape index (κ2) is 5.64. The van der Waals surface area contributed by atoms with Crippen LogP contribution in [0.15, 0.2) is 24.3 Å². The van der Waals surface area contributed by atoms with Gasteiger partial charge in [0.15, 0.2) is 0 Å². The minimum Gasteiger partial charge on any atom is -0.394 e. The molecule has 6 heteroatoms. The fourth-order valence-electron chi connectivity index (χ4n) is 2.12. The lowest BCUT2D eigenvalue weighted by Crippen LogP contribution is -2.39. The number of hydrogen-bond acceptors (Lipinski definition) is 4. The number of amides is 1. The number of nitrogens with zero attached hydrogens (tertiary/aromatic N) is 1. The van der Waals surface area contributed by atoms with Gasteiger partial charge in [0.05, 0.1) is 17.7 Å². The van der Waals surface area contributed by atoms with Gasteiger partial charge in [-0.3, -0.25) is 4.79 Å². The zero-order valence-electron chi connectivity index (χ0n) is 10.5. The summed E-state index contributed by atoms with van der Waals surface area (Å²) in [7, 11) is 1.83. The molecular weight excluding hydrogens is 264 g/mol. The molecule has 0 radical (unpaired) electrons. The summed E-state index contributed by atoms with van der Waals surface area (Å²) in [5.74, 6) is -0.767.